The molecule has 2 rings (SSSR count). The molecule has 94 valence electrons. The molecule has 18 heavy (non-hydrogen) atoms. The van der Waals surface area contributed by atoms with Crippen molar-refractivity contribution in [3.63, 3.8) is 0 Å². The average molecular weight is 247 g/mol. The number of nitrogens with zero attached hydrogens (tertiary/aromatic N) is 1. The molecule has 1 aromatic carbocycles. The first-order valence-corrected chi connectivity index (χ1v) is 5.34. The van der Waals surface area contributed by atoms with Gasteiger partial charge < -0.3 is 20.1 Å². The van der Waals surface area contributed by atoms with Crippen molar-refractivity contribution in [3.05, 3.63) is 46.5 Å². The molecule has 0 aliphatic rings. The van der Waals surface area contributed by atoms with Crippen molar-refractivity contribution in [1.82, 2.24) is 9.97 Å². The topological polar surface area (TPSA) is 87.2 Å². The Bertz CT molecular complexity index is 595. The molecule has 0 saturated heterocycles. The molecule has 0 saturated carbocycles. The van der Waals surface area contributed by atoms with Crippen molar-refractivity contribution >= 4 is 5.69 Å². The second kappa shape index (κ2) is 5.22. The van der Waals surface area contributed by atoms with Gasteiger partial charge in [-0.3, -0.25) is 4.79 Å². The molecule has 0 fully saturated rings. The maximum atomic E-state index is 11.4. The highest BCUT2D eigenvalue weighted by Crippen LogP contribution is 2.16. The first kappa shape index (κ1) is 12.0. The molecule has 1 aromatic heterocycles. The molecule has 3 N–H and O–H groups in total. The van der Waals surface area contributed by atoms with E-state index in [1.807, 2.05) is 24.3 Å². The van der Waals surface area contributed by atoms with Crippen molar-refractivity contribution in [2.24, 2.45) is 0 Å². The number of methoxy groups -OCH3 is 1. The Morgan fingerprint density at radius 3 is 3.06 bits per heavy atom. The average Bonchev–Trinajstić information content (AvgIpc) is 2.38. The van der Waals surface area contributed by atoms with E-state index in [1.165, 1.54) is 0 Å². The smallest absolute Gasteiger partial charge is 0.278 e. The molecule has 1 heterocycles. The van der Waals surface area contributed by atoms with E-state index < -0.39 is 5.56 Å². The summed E-state index contributed by atoms with van der Waals surface area (Å²) in [6, 6.07) is 7.41. The van der Waals surface area contributed by atoms with Crippen LogP contribution in [-0.4, -0.2) is 22.2 Å². The highest BCUT2D eigenvalue weighted by atomic mass is 16.5. The second-order valence-electron chi connectivity index (χ2n) is 3.64. The monoisotopic (exact) mass is 247 g/mol. The Hall–Kier alpha value is -2.50. The van der Waals surface area contributed by atoms with Gasteiger partial charge in [0.05, 0.1) is 13.4 Å². The third kappa shape index (κ3) is 2.60. The van der Waals surface area contributed by atoms with Crippen LogP contribution in [0.25, 0.3) is 0 Å². The zero-order valence-electron chi connectivity index (χ0n) is 9.80. The lowest BCUT2D eigenvalue weighted by Crippen LogP contribution is -2.14. The van der Waals surface area contributed by atoms with Gasteiger partial charge in [-0.1, -0.05) is 12.1 Å². The van der Waals surface area contributed by atoms with Gasteiger partial charge in [0.1, 0.15) is 5.75 Å². The fourth-order valence-electron chi connectivity index (χ4n) is 1.52. The Labute approximate surface area is 103 Å². The van der Waals surface area contributed by atoms with E-state index in [1.54, 1.807) is 7.11 Å². The SMILES string of the molecule is COc1cccc(CNc2c(O)nc[nH]c2=O)c1. The van der Waals surface area contributed by atoms with Crippen LogP contribution in [0.5, 0.6) is 11.6 Å². The Kier molecular flexibility index (Phi) is 3.47. The highest BCUT2D eigenvalue weighted by molar-refractivity contribution is 5.49. The van der Waals surface area contributed by atoms with Crippen LogP contribution in [0.3, 0.4) is 0 Å². The number of anilines is 1. The van der Waals surface area contributed by atoms with Crippen molar-refractivity contribution in [2.45, 2.75) is 6.54 Å². The maximum absolute atomic E-state index is 11.4. The van der Waals surface area contributed by atoms with Crippen LogP contribution in [0, 0.1) is 0 Å². The van der Waals surface area contributed by atoms with Gasteiger partial charge >= 0.3 is 0 Å². The number of ether oxygens (including phenoxy) is 1. The summed E-state index contributed by atoms with van der Waals surface area (Å²) in [6.45, 7) is 0.388. The van der Waals surface area contributed by atoms with Crippen LogP contribution < -0.4 is 15.6 Å². The number of hydrogen-bond acceptors (Lipinski definition) is 5. The lowest BCUT2D eigenvalue weighted by Gasteiger charge is -2.07. The predicted molar refractivity (Wildman–Crippen MR) is 66.8 cm³/mol. The molecule has 0 aliphatic carbocycles. The lowest BCUT2D eigenvalue weighted by atomic mass is 10.2. The Balaban J connectivity index is 2.14. The van der Waals surface area contributed by atoms with Gasteiger partial charge in [0.2, 0.25) is 5.88 Å². The Morgan fingerprint density at radius 2 is 2.33 bits per heavy atom. The summed E-state index contributed by atoms with van der Waals surface area (Å²) in [5, 5.41) is 12.3. The fraction of sp³-hybridized carbons (Fsp3) is 0.167. The lowest BCUT2D eigenvalue weighted by molar-refractivity contribution is 0.414. The van der Waals surface area contributed by atoms with E-state index in [0.717, 1.165) is 17.6 Å². The van der Waals surface area contributed by atoms with Gasteiger partial charge in [-0.15, -0.1) is 0 Å². The van der Waals surface area contributed by atoms with E-state index in [0.29, 0.717) is 6.54 Å². The van der Waals surface area contributed by atoms with E-state index in [2.05, 4.69) is 15.3 Å². The summed E-state index contributed by atoms with van der Waals surface area (Å²) in [5.41, 5.74) is 0.572. The first-order chi connectivity index (χ1) is 8.70. The third-order valence-corrected chi connectivity index (χ3v) is 2.44. The van der Waals surface area contributed by atoms with Crippen LogP contribution >= 0.6 is 0 Å². The summed E-state index contributed by atoms with van der Waals surface area (Å²) < 4.78 is 5.10. The van der Waals surface area contributed by atoms with Crippen molar-refractivity contribution < 1.29 is 9.84 Å². The number of rotatable bonds is 4. The normalized spacial score (nSPS) is 10.1. The van der Waals surface area contributed by atoms with Crippen LogP contribution in [-0.2, 0) is 6.54 Å². The number of aromatic amines is 1. The fourth-order valence-corrected chi connectivity index (χ4v) is 1.52. The first-order valence-electron chi connectivity index (χ1n) is 5.34. The molecular formula is C12H13N3O3. The van der Waals surface area contributed by atoms with Crippen molar-refractivity contribution in [1.29, 1.82) is 0 Å². The standard InChI is InChI=1S/C12H13N3O3/c1-18-9-4-2-3-8(5-9)6-13-10-11(16)14-7-15-12(10)17/h2-5,7,13H,6H2,1H3,(H2,14,15,16,17). The summed E-state index contributed by atoms with van der Waals surface area (Å²) >= 11 is 0. The second-order valence-corrected chi connectivity index (χ2v) is 3.64. The minimum atomic E-state index is -0.412. The molecule has 0 atom stereocenters. The number of nitrogens with one attached hydrogen (secondary N) is 2. The van der Waals surface area contributed by atoms with Crippen molar-refractivity contribution in [3.8, 4) is 11.6 Å². The van der Waals surface area contributed by atoms with E-state index in [4.69, 9.17) is 4.74 Å². The number of hydrogen-bond donors (Lipinski definition) is 3. The zero-order chi connectivity index (χ0) is 13.0. The molecule has 0 unspecified atom stereocenters. The number of aromatic nitrogens is 2. The van der Waals surface area contributed by atoms with Gasteiger partial charge in [0.15, 0.2) is 5.69 Å². The van der Waals surface area contributed by atoms with Crippen molar-refractivity contribution in [2.75, 3.05) is 12.4 Å². The largest absolute Gasteiger partial charge is 0.497 e. The number of H-pyrrole nitrogens is 1. The summed E-state index contributed by atoms with van der Waals surface area (Å²) in [4.78, 5) is 17.4. The summed E-state index contributed by atoms with van der Waals surface area (Å²) in [6.07, 6.45) is 1.15. The molecule has 0 spiro atoms. The molecule has 6 heteroatoms. The molecular weight excluding hydrogens is 234 g/mol. The van der Waals surface area contributed by atoms with E-state index >= 15 is 0 Å². The maximum Gasteiger partial charge on any atom is 0.278 e. The van der Waals surface area contributed by atoms with Gasteiger partial charge in [-0.25, -0.2) is 4.98 Å². The van der Waals surface area contributed by atoms with Gasteiger partial charge in [0.25, 0.3) is 5.56 Å². The molecule has 6 nitrogen and oxygen atoms in total. The van der Waals surface area contributed by atoms with E-state index in [9.17, 15) is 9.90 Å². The molecule has 2 aromatic rings. The zero-order valence-corrected chi connectivity index (χ0v) is 9.80. The van der Waals surface area contributed by atoms with Crippen LogP contribution in [0.15, 0.2) is 35.4 Å². The number of benzene rings is 1. The highest BCUT2D eigenvalue weighted by Gasteiger charge is 2.06. The minimum absolute atomic E-state index is 0.0559. The molecule has 0 amide bonds. The summed E-state index contributed by atoms with van der Waals surface area (Å²) in [5.74, 6) is 0.417. The van der Waals surface area contributed by atoms with E-state index in [-0.39, 0.29) is 11.6 Å². The van der Waals surface area contributed by atoms with Crippen LogP contribution in [0.4, 0.5) is 5.69 Å². The van der Waals surface area contributed by atoms with Gasteiger partial charge in [0, 0.05) is 6.54 Å². The predicted octanol–water partition coefficient (Wildman–Crippen LogP) is 1.10. The summed E-state index contributed by atoms with van der Waals surface area (Å²) in [7, 11) is 1.59. The van der Waals surface area contributed by atoms with Gasteiger partial charge in [-0.2, -0.15) is 0 Å². The Morgan fingerprint density at radius 1 is 1.50 bits per heavy atom. The molecule has 0 radical (unpaired) electrons. The van der Waals surface area contributed by atoms with Crippen LogP contribution in [0.2, 0.25) is 0 Å². The molecule has 0 bridgehead atoms. The molecule has 0 aliphatic heterocycles. The van der Waals surface area contributed by atoms with Gasteiger partial charge in [-0.05, 0) is 17.7 Å². The quantitative estimate of drug-likeness (QED) is 0.753. The van der Waals surface area contributed by atoms with Crippen LogP contribution in [0.1, 0.15) is 5.56 Å². The number of aromatic hydroxyl groups is 1. The third-order valence-electron chi connectivity index (χ3n) is 2.44. The minimum Gasteiger partial charge on any atom is -0.497 e.